The van der Waals surface area contributed by atoms with Crippen LogP contribution in [0.2, 0.25) is 0 Å². The molecule has 0 aliphatic rings. The molecular weight excluding hydrogens is 315 g/mol. The Balaban J connectivity index is 0.00000242. The van der Waals surface area contributed by atoms with Crippen molar-refractivity contribution in [3.63, 3.8) is 0 Å². The van der Waals surface area contributed by atoms with Crippen molar-refractivity contribution in [1.82, 2.24) is 0 Å². The van der Waals surface area contributed by atoms with E-state index in [-0.39, 0.29) is 46.4 Å². The first kappa shape index (κ1) is 18.9. The largest absolute Gasteiger partial charge is 1.00 e. The number of benzene rings is 2. The van der Waals surface area contributed by atoms with Crippen molar-refractivity contribution < 1.29 is 52.4 Å². The molecule has 0 bridgehead atoms. The molecule has 0 heterocycles. The van der Waals surface area contributed by atoms with Gasteiger partial charge < -0.3 is 9.66 Å². The summed E-state index contributed by atoms with van der Waals surface area (Å²) in [6.45, 7) is 0. The van der Waals surface area contributed by atoms with Crippen LogP contribution in [-0.2, 0) is 10.1 Å². The summed E-state index contributed by atoms with van der Waals surface area (Å²) in [5.41, 5.74) is 0.262. The van der Waals surface area contributed by atoms with Crippen LogP contribution < -0.4 is 29.6 Å². The van der Waals surface area contributed by atoms with E-state index in [0.29, 0.717) is 0 Å². The third-order valence-electron chi connectivity index (χ3n) is 3.10. The fourth-order valence-electron chi connectivity index (χ4n) is 2.04. The number of carbonyl (C=O) groups excluding carboxylic acids is 1. The molecule has 1 unspecified atom stereocenters. The minimum Gasteiger partial charge on any atom is -0.747 e. The number of para-hydroxylation sites is 1. The fourth-order valence-corrected chi connectivity index (χ4v) is 2.89. The Labute approximate surface area is 151 Å². The second-order valence-corrected chi connectivity index (χ2v) is 6.09. The Morgan fingerprint density at radius 2 is 1.59 bits per heavy atom. The van der Waals surface area contributed by atoms with Crippen molar-refractivity contribution in [3.05, 3.63) is 65.7 Å². The van der Waals surface area contributed by atoms with Crippen LogP contribution in [0.5, 0.6) is 5.75 Å². The molecule has 2 aromatic rings. The normalized spacial score (nSPS) is 12.2. The van der Waals surface area contributed by atoms with E-state index >= 15 is 0 Å². The number of aromatic hydroxyl groups is 1. The van der Waals surface area contributed by atoms with Gasteiger partial charge in [-0.05, 0) is 17.7 Å². The summed E-state index contributed by atoms with van der Waals surface area (Å²) in [5, 5.41) is 8.15. The molecule has 7 heteroatoms. The molecule has 110 valence electrons. The predicted molar refractivity (Wildman–Crippen MR) is 75.9 cm³/mol. The number of phenolic OH excluding ortho intramolecular Hbond substituents is 1. The molecule has 0 fully saturated rings. The maximum Gasteiger partial charge on any atom is 1.00 e. The standard InChI is InChI=1S/C15H14O5S.Na/c16-13-9-5-4-8-12(13)14(17)10-15(21(18,19)20)11-6-2-1-3-7-11;/h1-9,15-16H,10H2,(H,18,19,20);/q;+1/p-1. The van der Waals surface area contributed by atoms with Crippen LogP contribution in [0.4, 0.5) is 0 Å². The zero-order valence-electron chi connectivity index (χ0n) is 12.0. The van der Waals surface area contributed by atoms with Gasteiger partial charge in [0.15, 0.2) is 5.78 Å². The van der Waals surface area contributed by atoms with Crippen LogP contribution in [0.1, 0.15) is 27.6 Å². The van der Waals surface area contributed by atoms with E-state index in [1.165, 1.54) is 24.3 Å². The Bertz CT molecular complexity index is 744. The SMILES string of the molecule is O=C(CC(c1ccccc1)S(=O)(=O)[O-])c1ccccc1O.[Na+]. The third-order valence-corrected chi connectivity index (χ3v) is 4.23. The van der Waals surface area contributed by atoms with Crippen LogP contribution in [0.3, 0.4) is 0 Å². The molecule has 0 saturated heterocycles. The van der Waals surface area contributed by atoms with E-state index in [9.17, 15) is 22.9 Å². The first-order valence-corrected chi connectivity index (χ1v) is 7.67. The van der Waals surface area contributed by atoms with Gasteiger partial charge in [0.1, 0.15) is 15.9 Å². The number of hydrogen-bond donors (Lipinski definition) is 1. The van der Waals surface area contributed by atoms with Crippen molar-refractivity contribution in [2.45, 2.75) is 11.7 Å². The Morgan fingerprint density at radius 1 is 1.05 bits per heavy atom. The van der Waals surface area contributed by atoms with Gasteiger partial charge in [0.25, 0.3) is 0 Å². The summed E-state index contributed by atoms with van der Waals surface area (Å²) in [4.78, 5) is 12.1. The molecule has 0 aliphatic carbocycles. The van der Waals surface area contributed by atoms with Gasteiger partial charge in [-0.15, -0.1) is 0 Å². The van der Waals surface area contributed by atoms with Crippen molar-refractivity contribution in [1.29, 1.82) is 0 Å². The topological polar surface area (TPSA) is 94.5 Å². The first-order valence-electron chi connectivity index (χ1n) is 6.20. The monoisotopic (exact) mass is 328 g/mol. The average molecular weight is 328 g/mol. The molecule has 0 saturated carbocycles. The van der Waals surface area contributed by atoms with Gasteiger partial charge in [0, 0.05) is 6.42 Å². The second kappa shape index (κ2) is 7.89. The smallest absolute Gasteiger partial charge is 0.747 e. The molecule has 2 rings (SSSR count). The molecule has 0 aliphatic heterocycles. The number of carbonyl (C=O) groups is 1. The van der Waals surface area contributed by atoms with Gasteiger partial charge in [-0.2, -0.15) is 0 Å². The molecule has 22 heavy (non-hydrogen) atoms. The Kier molecular flexibility index (Phi) is 6.77. The van der Waals surface area contributed by atoms with Gasteiger partial charge in [0.2, 0.25) is 0 Å². The maximum atomic E-state index is 12.1. The molecule has 5 nitrogen and oxygen atoms in total. The molecular formula is C15H13NaO5S. The second-order valence-electron chi connectivity index (χ2n) is 4.54. The van der Waals surface area contributed by atoms with Crippen molar-refractivity contribution >= 4 is 15.9 Å². The number of phenols is 1. The molecule has 1 atom stereocenters. The van der Waals surface area contributed by atoms with Crippen LogP contribution in [0.15, 0.2) is 54.6 Å². The van der Waals surface area contributed by atoms with Crippen LogP contribution in [0.25, 0.3) is 0 Å². The van der Waals surface area contributed by atoms with Gasteiger partial charge in [-0.1, -0.05) is 42.5 Å². The Hall–Kier alpha value is -1.18. The molecule has 0 aromatic heterocycles. The van der Waals surface area contributed by atoms with Gasteiger partial charge in [0.05, 0.1) is 10.8 Å². The van der Waals surface area contributed by atoms with E-state index in [4.69, 9.17) is 0 Å². The average Bonchev–Trinajstić information content (AvgIpc) is 2.44. The van der Waals surface area contributed by atoms with Crippen molar-refractivity contribution in [3.8, 4) is 5.75 Å². The molecule has 0 radical (unpaired) electrons. The Morgan fingerprint density at radius 3 is 2.14 bits per heavy atom. The molecule has 0 amide bonds. The quantitative estimate of drug-likeness (QED) is 0.443. The summed E-state index contributed by atoms with van der Waals surface area (Å²) in [6.07, 6.45) is -0.507. The number of hydrogen-bond acceptors (Lipinski definition) is 5. The minimum absolute atomic E-state index is 0. The third kappa shape index (κ3) is 4.66. The summed E-state index contributed by atoms with van der Waals surface area (Å²) < 4.78 is 34.2. The van der Waals surface area contributed by atoms with Crippen LogP contribution in [-0.4, -0.2) is 23.9 Å². The zero-order chi connectivity index (χ0) is 15.5. The van der Waals surface area contributed by atoms with Crippen molar-refractivity contribution in [2.24, 2.45) is 0 Å². The summed E-state index contributed by atoms with van der Waals surface area (Å²) in [7, 11) is -4.69. The number of Topliss-reactive ketones (excluding diaryl/α,β-unsaturated/α-hetero) is 1. The maximum absolute atomic E-state index is 12.1. The van der Waals surface area contributed by atoms with E-state index in [2.05, 4.69) is 0 Å². The van der Waals surface area contributed by atoms with Gasteiger partial charge in [-0.3, -0.25) is 4.79 Å². The molecule has 1 N–H and O–H groups in total. The first-order chi connectivity index (χ1) is 9.89. The van der Waals surface area contributed by atoms with Crippen molar-refractivity contribution in [2.75, 3.05) is 0 Å². The van der Waals surface area contributed by atoms with E-state index in [1.807, 2.05) is 0 Å². The number of ketones is 1. The summed E-state index contributed by atoms with van der Waals surface area (Å²) in [6, 6.07) is 13.7. The molecule has 0 spiro atoms. The number of rotatable bonds is 5. The summed E-state index contributed by atoms with van der Waals surface area (Å²) in [5.74, 6) is -0.834. The van der Waals surface area contributed by atoms with Crippen LogP contribution in [0, 0.1) is 0 Å². The van der Waals surface area contributed by atoms with E-state index in [0.717, 1.165) is 0 Å². The predicted octanol–water partition coefficient (Wildman–Crippen LogP) is -0.744. The van der Waals surface area contributed by atoms with Gasteiger partial charge >= 0.3 is 29.6 Å². The zero-order valence-corrected chi connectivity index (χ0v) is 14.8. The van der Waals surface area contributed by atoms with E-state index < -0.39 is 27.6 Å². The minimum atomic E-state index is -4.69. The van der Waals surface area contributed by atoms with E-state index in [1.54, 1.807) is 30.3 Å². The fraction of sp³-hybridized carbons (Fsp3) is 0.133. The summed E-state index contributed by atoms with van der Waals surface area (Å²) >= 11 is 0. The molecule has 2 aromatic carbocycles. The van der Waals surface area contributed by atoms with Gasteiger partial charge in [-0.25, -0.2) is 8.42 Å². The van der Waals surface area contributed by atoms with Crippen LogP contribution >= 0.6 is 0 Å².